The van der Waals surface area contributed by atoms with E-state index in [1.165, 1.54) is 44.0 Å². The average Bonchev–Trinajstić information content (AvgIpc) is 3.01. The van der Waals surface area contributed by atoms with Crippen molar-refractivity contribution in [1.82, 2.24) is 0 Å². The lowest BCUT2D eigenvalue weighted by Gasteiger charge is -1.90. The molecule has 0 unspecified atom stereocenters. The summed E-state index contributed by atoms with van der Waals surface area (Å²) in [6, 6.07) is 4.26. The zero-order valence-electron chi connectivity index (χ0n) is 16.8. The molecule has 0 saturated carbocycles. The SMILES string of the molecule is C.CC1=CC(C)=C(C)C1.Cc1cc(C)c(C)o1.Cc1cc(C)c(C)s1. The van der Waals surface area contributed by atoms with Gasteiger partial charge in [0.1, 0.15) is 11.5 Å². The van der Waals surface area contributed by atoms with Gasteiger partial charge in [-0.15, -0.1) is 11.3 Å². The lowest BCUT2D eigenvalue weighted by Crippen LogP contribution is -1.70. The summed E-state index contributed by atoms with van der Waals surface area (Å²) in [5, 5.41) is 0. The van der Waals surface area contributed by atoms with E-state index in [0.717, 1.165) is 11.5 Å². The maximum Gasteiger partial charge on any atom is 0.103 e. The Morgan fingerprint density at radius 2 is 1.44 bits per heavy atom. The standard InChI is InChI=1S/C8H12.C7H10O.C7H10S.CH4/c1-6-4-7(2)8(3)5-6;2*1-5-4-6(2)8-7(5)3;/h4H,5H2,1-3H3;2*4H,1-3H3;1H4. The highest BCUT2D eigenvalue weighted by atomic mass is 32.1. The number of rotatable bonds is 0. The smallest absolute Gasteiger partial charge is 0.103 e. The number of aryl methyl sites for hydroxylation is 6. The third-order valence-corrected chi connectivity index (χ3v) is 5.33. The van der Waals surface area contributed by atoms with Crippen LogP contribution in [0.25, 0.3) is 0 Å². The minimum absolute atomic E-state index is 0. The maximum atomic E-state index is 5.21. The number of hydrogen-bond acceptors (Lipinski definition) is 2. The number of furan rings is 1. The van der Waals surface area contributed by atoms with E-state index in [4.69, 9.17) is 4.42 Å². The van der Waals surface area contributed by atoms with Crippen LogP contribution in [0.2, 0.25) is 0 Å². The number of allylic oxidation sites excluding steroid dienone is 4. The highest BCUT2D eigenvalue weighted by molar-refractivity contribution is 7.12. The van der Waals surface area contributed by atoms with Crippen molar-refractivity contribution in [2.24, 2.45) is 0 Å². The van der Waals surface area contributed by atoms with E-state index in [0.29, 0.717) is 0 Å². The van der Waals surface area contributed by atoms with Crippen LogP contribution in [0.1, 0.15) is 67.0 Å². The van der Waals surface area contributed by atoms with E-state index in [2.05, 4.69) is 53.7 Å². The van der Waals surface area contributed by atoms with Gasteiger partial charge in [-0.05, 0) is 92.0 Å². The third kappa shape index (κ3) is 7.92. The summed E-state index contributed by atoms with van der Waals surface area (Å²) >= 11 is 1.87. The van der Waals surface area contributed by atoms with Crippen molar-refractivity contribution < 1.29 is 4.42 Å². The molecule has 0 amide bonds. The predicted octanol–water partition coefficient (Wildman–Crippen LogP) is 8.19. The second-order valence-electron chi connectivity index (χ2n) is 6.82. The molecule has 0 fully saturated rings. The topological polar surface area (TPSA) is 13.1 Å². The molecule has 0 saturated heterocycles. The monoisotopic (exact) mass is 360 g/mol. The van der Waals surface area contributed by atoms with Crippen LogP contribution in [0.15, 0.2) is 39.3 Å². The Labute approximate surface area is 159 Å². The highest BCUT2D eigenvalue weighted by Crippen LogP contribution is 2.23. The summed E-state index contributed by atoms with van der Waals surface area (Å²) in [5.41, 5.74) is 7.15. The summed E-state index contributed by atoms with van der Waals surface area (Å²) in [6.07, 6.45) is 3.46. The molecule has 2 heteroatoms. The van der Waals surface area contributed by atoms with Crippen molar-refractivity contribution in [2.45, 2.75) is 76.2 Å². The van der Waals surface area contributed by atoms with E-state index < -0.39 is 0 Å². The first-order chi connectivity index (χ1) is 11.1. The second-order valence-corrected chi connectivity index (χ2v) is 8.28. The van der Waals surface area contributed by atoms with Gasteiger partial charge in [0.05, 0.1) is 0 Å². The van der Waals surface area contributed by atoms with E-state index in [1.54, 1.807) is 0 Å². The van der Waals surface area contributed by atoms with Gasteiger partial charge in [-0.2, -0.15) is 0 Å². The Hall–Kier alpha value is -1.54. The molecular weight excluding hydrogens is 324 g/mol. The van der Waals surface area contributed by atoms with Gasteiger partial charge in [0, 0.05) is 9.75 Å². The summed E-state index contributed by atoms with van der Waals surface area (Å²) in [5.74, 6) is 2.03. The van der Waals surface area contributed by atoms with E-state index >= 15 is 0 Å². The summed E-state index contributed by atoms with van der Waals surface area (Å²) in [4.78, 5) is 2.86. The molecule has 2 aromatic rings. The first-order valence-electron chi connectivity index (χ1n) is 8.51. The first-order valence-corrected chi connectivity index (χ1v) is 9.32. The van der Waals surface area contributed by atoms with Crippen LogP contribution < -0.4 is 0 Å². The quantitative estimate of drug-likeness (QED) is 0.461. The van der Waals surface area contributed by atoms with Gasteiger partial charge in [-0.3, -0.25) is 0 Å². The second kappa shape index (κ2) is 10.5. The normalized spacial score (nSPS) is 12.6. The minimum atomic E-state index is 0. The Kier molecular flexibility index (Phi) is 9.81. The van der Waals surface area contributed by atoms with Crippen LogP contribution in [-0.4, -0.2) is 0 Å². The van der Waals surface area contributed by atoms with Crippen LogP contribution in [0, 0.1) is 41.5 Å². The fraction of sp³-hybridized carbons (Fsp3) is 0.478. The molecule has 1 aliphatic rings. The molecular formula is C23H36OS. The summed E-state index contributed by atoms with van der Waals surface area (Å²) in [6.45, 7) is 19.0. The molecule has 140 valence electrons. The van der Waals surface area contributed by atoms with E-state index in [1.807, 2.05) is 38.2 Å². The molecule has 0 atom stereocenters. The van der Waals surface area contributed by atoms with Crippen molar-refractivity contribution in [3.8, 4) is 0 Å². The van der Waals surface area contributed by atoms with Crippen molar-refractivity contribution in [3.63, 3.8) is 0 Å². The van der Waals surface area contributed by atoms with Crippen molar-refractivity contribution in [3.05, 3.63) is 67.3 Å². The Balaban J connectivity index is 0.000000339. The summed E-state index contributed by atoms with van der Waals surface area (Å²) in [7, 11) is 0. The van der Waals surface area contributed by atoms with Gasteiger partial charge in [-0.25, -0.2) is 0 Å². The van der Waals surface area contributed by atoms with Gasteiger partial charge in [0.15, 0.2) is 0 Å². The predicted molar refractivity (Wildman–Crippen MR) is 115 cm³/mol. The van der Waals surface area contributed by atoms with Gasteiger partial charge in [0.25, 0.3) is 0 Å². The molecule has 0 N–H and O–H groups in total. The Bertz CT molecular complexity index is 655. The Morgan fingerprint density at radius 3 is 1.56 bits per heavy atom. The van der Waals surface area contributed by atoms with Gasteiger partial charge in [-0.1, -0.05) is 30.2 Å². The Morgan fingerprint density at radius 1 is 0.840 bits per heavy atom. The lowest BCUT2D eigenvalue weighted by molar-refractivity contribution is 0.502. The minimum Gasteiger partial charge on any atom is -0.466 e. The van der Waals surface area contributed by atoms with Gasteiger partial charge < -0.3 is 4.42 Å². The number of thiophene rings is 1. The molecule has 0 aliphatic heterocycles. The average molecular weight is 361 g/mol. The first kappa shape index (κ1) is 23.5. The molecule has 0 aromatic carbocycles. The molecule has 2 aromatic heterocycles. The van der Waals surface area contributed by atoms with E-state index in [9.17, 15) is 0 Å². The van der Waals surface area contributed by atoms with Crippen LogP contribution in [0.5, 0.6) is 0 Å². The fourth-order valence-corrected chi connectivity index (χ4v) is 3.56. The summed E-state index contributed by atoms with van der Waals surface area (Å²) < 4.78 is 5.21. The van der Waals surface area contributed by atoms with Crippen molar-refractivity contribution in [1.29, 1.82) is 0 Å². The molecule has 3 rings (SSSR count). The molecule has 1 aliphatic carbocycles. The largest absolute Gasteiger partial charge is 0.466 e. The van der Waals surface area contributed by atoms with Gasteiger partial charge in [0.2, 0.25) is 0 Å². The molecule has 2 heterocycles. The zero-order valence-corrected chi connectivity index (χ0v) is 17.6. The van der Waals surface area contributed by atoms with Crippen molar-refractivity contribution >= 4 is 11.3 Å². The number of hydrogen-bond donors (Lipinski definition) is 0. The lowest BCUT2D eigenvalue weighted by atomic mass is 10.2. The van der Waals surface area contributed by atoms with Crippen LogP contribution in [0.4, 0.5) is 0 Å². The highest BCUT2D eigenvalue weighted by Gasteiger charge is 2.03. The third-order valence-electron chi connectivity index (χ3n) is 4.26. The van der Waals surface area contributed by atoms with E-state index in [-0.39, 0.29) is 7.43 Å². The maximum absolute atomic E-state index is 5.21. The van der Waals surface area contributed by atoms with Crippen LogP contribution in [-0.2, 0) is 0 Å². The molecule has 1 nitrogen and oxygen atoms in total. The zero-order chi connectivity index (χ0) is 18.4. The molecule has 0 radical (unpaired) electrons. The van der Waals surface area contributed by atoms with Gasteiger partial charge >= 0.3 is 0 Å². The van der Waals surface area contributed by atoms with Crippen LogP contribution >= 0.6 is 11.3 Å². The molecule has 0 spiro atoms. The molecule has 0 bridgehead atoms. The van der Waals surface area contributed by atoms with Crippen molar-refractivity contribution in [2.75, 3.05) is 0 Å². The molecule has 25 heavy (non-hydrogen) atoms. The van der Waals surface area contributed by atoms with Crippen LogP contribution in [0.3, 0.4) is 0 Å². The fourth-order valence-electron chi connectivity index (χ4n) is 2.62.